The Balaban J connectivity index is 2.07. The molecule has 0 radical (unpaired) electrons. The summed E-state index contributed by atoms with van der Waals surface area (Å²) in [6, 6.07) is 11.0. The summed E-state index contributed by atoms with van der Waals surface area (Å²) in [6.07, 6.45) is 0. The van der Waals surface area contributed by atoms with Gasteiger partial charge in [-0.05, 0) is 49.7 Å². The van der Waals surface area contributed by atoms with Crippen molar-refractivity contribution in [3.05, 3.63) is 53.6 Å². The summed E-state index contributed by atoms with van der Waals surface area (Å²) in [5, 5.41) is 8.21. The van der Waals surface area contributed by atoms with E-state index in [1.165, 1.54) is 39.4 Å². The number of hydrogen-bond donors (Lipinski definition) is 3. The van der Waals surface area contributed by atoms with Crippen LogP contribution >= 0.6 is 0 Å². The van der Waals surface area contributed by atoms with Gasteiger partial charge in [-0.25, -0.2) is 17.5 Å². The Kier molecular flexibility index (Phi) is 8.01. The number of ether oxygens (including phenoxy) is 1. The lowest BCUT2D eigenvalue weighted by Crippen LogP contribution is -2.34. The fraction of sp³-hybridized carbons (Fsp3) is 0.333. The molecule has 3 N–H and O–H groups in total. The van der Waals surface area contributed by atoms with Crippen LogP contribution in [0.4, 0.5) is 10.5 Å². The van der Waals surface area contributed by atoms with Crippen molar-refractivity contribution in [2.45, 2.75) is 31.3 Å². The van der Waals surface area contributed by atoms with E-state index in [4.69, 9.17) is 4.74 Å². The molecule has 31 heavy (non-hydrogen) atoms. The molecule has 10 heteroatoms. The van der Waals surface area contributed by atoms with Gasteiger partial charge in [0, 0.05) is 37.9 Å². The van der Waals surface area contributed by atoms with Gasteiger partial charge in [0.2, 0.25) is 10.0 Å². The number of rotatable bonds is 8. The van der Waals surface area contributed by atoms with E-state index in [0.717, 1.165) is 9.87 Å². The molecule has 0 aliphatic heterocycles. The molecule has 2 rings (SSSR count). The molecular formula is C21H28N4O5S. The zero-order valence-corrected chi connectivity index (χ0v) is 19.0. The Morgan fingerprint density at radius 1 is 1.06 bits per heavy atom. The van der Waals surface area contributed by atoms with E-state index in [0.29, 0.717) is 5.69 Å². The number of urea groups is 1. The summed E-state index contributed by atoms with van der Waals surface area (Å²) < 4.78 is 31.2. The number of nitrogens with one attached hydrogen (secondary N) is 3. The van der Waals surface area contributed by atoms with Gasteiger partial charge < -0.3 is 20.7 Å². The van der Waals surface area contributed by atoms with Crippen LogP contribution in [0.1, 0.15) is 29.8 Å². The highest BCUT2D eigenvalue weighted by Crippen LogP contribution is 2.27. The van der Waals surface area contributed by atoms with Gasteiger partial charge in [0.25, 0.3) is 5.91 Å². The minimum Gasteiger partial charge on any atom is -0.495 e. The largest absolute Gasteiger partial charge is 0.495 e. The van der Waals surface area contributed by atoms with Crippen LogP contribution in [0.2, 0.25) is 0 Å². The van der Waals surface area contributed by atoms with Crippen LogP contribution in [0.25, 0.3) is 0 Å². The van der Waals surface area contributed by atoms with Crippen molar-refractivity contribution >= 4 is 27.6 Å². The molecule has 0 fully saturated rings. The number of carbonyl (C=O) groups excluding carboxylic acids is 2. The maximum absolute atomic E-state index is 12.6. The Morgan fingerprint density at radius 2 is 1.71 bits per heavy atom. The summed E-state index contributed by atoms with van der Waals surface area (Å²) in [6.45, 7) is 3.97. The minimum atomic E-state index is -3.78. The third kappa shape index (κ3) is 6.43. The first-order chi connectivity index (χ1) is 14.5. The van der Waals surface area contributed by atoms with E-state index in [1.807, 2.05) is 13.8 Å². The van der Waals surface area contributed by atoms with Gasteiger partial charge in [0.05, 0.1) is 7.11 Å². The molecule has 2 aromatic carbocycles. The lowest BCUT2D eigenvalue weighted by Gasteiger charge is -2.15. The van der Waals surface area contributed by atoms with E-state index in [9.17, 15) is 18.0 Å². The number of methoxy groups -OCH3 is 1. The molecule has 0 aliphatic rings. The summed E-state index contributed by atoms with van der Waals surface area (Å²) in [4.78, 5) is 24.2. The zero-order valence-electron chi connectivity index (χ0n) is 18.2. The molecule has 168 valence electrons. The standard InChI is InChI=1S/C21H28N4O5S/c1-14(2)23-21(27)24-17-9-6-15(7-10-17)13-22-20(26)16-8-11-18(30-5)19(12-16)31(28,29)25(3)4/h6-12,14H,13H2,1-5H3,(H,22,26)(H2,23,24,27). The van der Waals surface area contributed by atoms with Crippen LogP contribution in [0, 0.1) is 0 Å². The highest BCUT2D eigenvalue weighted by atomic mass is 32.2. The molecule has 0 aliphatic carbocycles. The fourth-order valence-electron chi connectivity index (χ4n) is 2.64. The first-order valence-electron chi connectivity index (χ1n) is 9.59. The van der Waals surface area contributed by atoms with E-state index in [1.54, 1.807) is 24.3 Å². The van der Waals surface area contributed by atoms with Crippen LogP contribution in [0.3, 0.4) is 0 Å². The van der Waals surface area contributed by atoms with Crippen LogP contribution in [0.15, 0.2) is 47.4 Å². The number of carbonyl (C=O) groups is 2. The molecule has 0 saturated carbocycles. The Morgan fingerprint density at radius 3 is 2.26 bits per heavy atom. The highest BCUT2D eigenvalue weighted by Gasteiger charge is 2.23. The van der Waals surface area contributed by atoms with E-state index in [-0.39, 0.29) is 34.8 Å². The first kappa shape index (κ1) is 24.2. The van der Waals surface area contributed by atoms with Gasteiger partial charge in [0.1, 0.15) is 10.6 Å². The van der Waals surface area contributed by atoms with Gasteiger partial charge in [-0.2, -0.15) is 0 Å². The normalized spacial score (nSPS) is 11.3. The van der Waals surface area contributed by atoms with Gasteiger partial charge in [0.15, 0.2) is 0 Å². The quantitative estimate of drug-likeness (QED) is 0.573. The van der Waals surface area contributed by atoms with Crippen molar-refractivity contribution in [1.82, 2.24) is 14.9 Å². The molecule has 0 spiro atoms. The van der Waals surface area contributed by atoms with E-state index in [2.05, 4.69) is 16.0 Å². The maximum Gasteiger partial charge on any atom is 0.319 e. The van der Waals surface area contributed by atoms with Crippen molar-refractivity contribution in [2.24, 2.45) is 0 Å². The van der Waals surface area contributed by atoms with Crippen molar-refractivity contribution in [1.29, 1.82) is 0 Å². The van der Waals surface area contributed by atoms with Gasteiger partial charge in [-0.1, -0.05) is 12.1 Å². The smallest absolute Gasteiger partial charge is 0.319 e. The Bertz CT molecular complexity index is 1030. The molecule has 2 aromatic rings. The molecular weight excluding hydrogens is 420 g/mol. The number of anilines is 1. The predicted molar refractivity (Wildman–Crippen MR) is 119 cm³/mol. The lowest BCUT2D eigenvalue weighted by molar-refractivity contribution is 0.0950. The van der Waals surface area contributed by atoms with Crippen molar-refractivity contribution in [3.8, 4) is 5.75 Å². The van der Waals surface area contributed by atoms with Crippen LogP contribution in [-0.4, -0.2) is 51.9 Å². The summed E-state index contributed by atoms with van der Waals surface area (Å²) >= 11 is 0. The molecule has 3 amide bonds. The van der Waals surface area contributed by atoms with Crippen LogP contribution < -0.4 is 20.7 Å². The summed E-state index contributed by atoms with van der Waals surface area (Å²) in [5.74, 6) is -0.258. The van der Waals surface area contributed by atoms with E-state index >= 15 is 0 Å². The maximum atomic E-state index is 12.6. The topological polar surface area (TPSA) is 117 Å². The van der Waals surface area contributed by atoms with Crippen molar-refractivity contribution in [3.63, 3.8) is 0 Å². The van der Waals surface area contributed by atoms with Gasteiger partial charge in [-0.15, -0.1) is 0 Å². The third-order valence-corrected chi connectivity index (χ3v) is 6.11. The first-order valence-corrected chi connectivity index (χ1v) is 11.0. The fourth-order valence-corrected chi connectivity index (χ4v) is 3.71. The Hall–Kier alpha value is -3.11. The van der Waals surface area contributed by atoms with E-state index < -0.39 is 15.9 Å². The molecule has 0 aromatic heterocycles. The molecule has 0 atom stereocenters. The zero-order chi connectivity index (χ0) is 23.2. The second kappa shape index (κ2) is 10.3. The second-order valence-electron chi connectivity index (χ2n) is 7.29. The highest BCUT2D eigenvalue weighted by molar-refractivity contribution is 7.89. The van der Waals surface area contributed by atoms with Crippen molar-refractivity contribution < 1.29 is 22.7 Å². The number of benzene rings is 2. The van der Waals surface area contributed by atoms with Crippen LogP contribution in [0.5, 0.6) is 5.75 Å². The summed E-state index contributed by atoms with van der Waals surface area (Å²) in [5.41, 5.74) is 1.64. The van der Waals surface area contributed by atoms with Crippen LogP contribution in [-0.2, 0) is 16.6 Å². The minimum absolute atomic E-state index is 0.0284. The van der Waals surface area contributed by atoms with Crippen molar-refractivity contribution in [2.75, 3.05) is 26.5 Å². The average molecular weight is 449 g/mol. The average Bonchev–Trinajstić information content (AvgIpc) is 2.71. The lowest BCUT2D eigenvalue weighted by atomic mass is 10.1. The molecule has 0 heterocycles. The third-order valence-electron chi connectivity index (χ3n) is 4.27. The second-order valence-corrected chi connectivity index (χ2v) is 9.41. The number of amides is 3. The number of nitrogens with zero attached hydrogens (tertiary/aromatic N) is 1. The molecule has 0 unspecified atom stereocenters. The summed E-state index contributed by atoms with van der Waals surface area (Å²) in [7, 11) is 0.412. The molecule has 0 bridgehead atoms. The van der Waals surface area contributed by atoms with Gasteiger partial charge >= 0.3 is 6.03 Å². The van der Waals surface area contributed by atoms with Gasteiger partial charge in [-0.3, -0.25) is 4.79 Å². The molecule has 0 saturated heterocycles. The number of sulfonamides is 1. The monoisotopic (exact) mass is 448 g/mol. The predicted octanol–water partition coefficient (Wildman–Crippen LogP) is 2.41. The Labute approximate surface area is 182 Å². The SMILES string of the molecule is COc1ccc(C(=O)NCc2ccc(NC(=O)NC(C)C)cc2)cc1S(=O)(=O)N(C)C. The molecule has 9 nitrogen and oxygen atoms in total. The number of hydrogen-bond acceptors (Lipinski definition) is 5.